The fourth-order valence-electron chi connectivity index (χ4n) is 2.72. The zero-order valence-corrected chi connectivity index (χ0v) is 13.0. The van der Waals surface area contributed by atoms with E-state index in [4.69, 9.17) is 4.74 Å². The molecule has 1 aliphatic rings. The van der Waals surface area contributed by atoms with Crippen LogP contribution in [0.5, 0.6) is 5.75 Å². The van der Waals surface area contributed by atoms with Gasteiger partial charge in [0.1, 0.15) is 5.75 Å². The van der Waals surface area contributed by atoms with E-state index in [2.05, 4.69) is 42.3 Å². The van der Waals surface area contributed by atoms with Crippen molar-refractivity contribution in [2.24, 2.45) is 0 Å². The van der Waals surface area contributed by atoms with Crippen LogP contribution >= 0.6 is 0 Å². The van der Waals surface area contributed by atoms with Crippen LogP contribution in [0.1, 0.15) is 37.8 Å². The number of hydrogen-bond acceptors (Lipinski definition) is 3. The van der Waals surface area contributed by atoms with Crippen LogP contribution in [0.2, 0.25) is 0 Å². The molecule has 0 bridgehead atoms. The molecule has 1 heterocycles. The summed E-state index contributed by atoms with van der Waals surface area (Å²) >= 11 is 0. The first-order valence-electron chi connectivity index (χ1n) is 8.01. The van der Waals surface area contributed by atoms with Crippen molar-refractivity contribution in [3.05, 3.63) is 29.3 Å². The van der Waals surface area contributed by atoms with Crippen molar-refractivity contribution in [1.82, 2.24) is 10.2 Å². The molecule has 20 heavy (non-hydrogen) atoms. The zero-order valence-electron chi connectivity index (χ0n) is 13.0. The Morgan fingerprint density at radius 3 is 2.90 bits per heavy atom. The minimum absolute atomic E-state index is 0.871. The molecule has 0 atom stereocenters. The van der Waals surface area contributed by atoms with Crippen LogP contribution in [0.3, 0.4) is 0 Å². The van der Waals surface area contributed by atoms with Crippen LogP contribution in [0, 0.1) is 0 Å². The molecule has 0 spiro atoms. The van der Waals surface area contributed by atoms with Crippen LogP contribution < -0.4 is 10.1 Å². The van der Waals surface area contributed by atoms with Gasteiger partial charge in [-0.3, -0.25) is 0 Å². The summed E-state index contributed by atoms with van der Waals surface area (Å²) in [6.07, 6.45) is 3.52. The van der Waals surface area contributed by atoms with Gasteiger partial charge in [0, 0.05) is 6.54 Å². The van der Waals surface area contributed by atoms with Gasteiger partial charge < -0.3 is 15.0 Å². The molecule has 1 N–H and O–H groups in total. The lowest BCUT2D eigenvalue weighted by atomic mass is 10.0. The second-order valence-corrected chi connectivity index (χ2v) is 5.45. The first-order valence-corrected chi connectivity index (χ1v) is 8.01. The monoisotopic (exact) mass is 276 g/mol. The molecule has 1 aromatic carbocycles. The Kier molecular flexibility index (Phi) is 6.34. The van der Waals surface area contributed by atoms with E-state index >= 15 is 0 Å². The highest BCUT2D eigenvalue weighted by atomic mass is 16.5. The number of ether oxygens (including phenoxy) is 1. The van der Waals surface area contributed by atoms with Gasteiger partial charge in [-0.05, 0) is 62.6 Å². The van der Waals surface area contributed by atoms with Crippen molar-refractivity contribution >= 4 is 0 Å². The summed E-state index contributed by atoms with van der Waals surface area (Å²) in [6, 6.07) is 6.61. The molecule has 0 amide bonds. The highest BCUT2D eigenvalue weighted by Gasteiger charge is 2.10. The van der Waals surface area contributed by atoms with Gasteiger partial charge in [-0.25, -0.2) is 0 Å². The Morgan fingerprint density at radius 2 is 2.10 bits per heavy atom. The van der Waals surface area contributed by atoms with Gasteiger partial charge in [0.25, 0.3) is 0 Å². The van der Waals surface area contributed by atoms with Crippen LogP contribution in [0.25, 0.3) is 0 Å². The van der Waals surface area contributed by atoms with Gasteiger partial charge in [-0.15, -0.1) is 0 Å². The van der Waals surface area contributed by atoms with Gasteiger partial charge in [0.2, 0.25) is 0 Å². The first kappa shape index (κ1) is 15.3. The third-order valence-corrected chi connectivity index (χ3v) is 4.02. The standard InChI is InChI=1S/C17H28N2O/c1-3-19(4-2)11-6-10-18-14-15-8-9-17-16(13-15)7-5-12-20-17/h8-9,13,18H,3-7,10-12,14H2,1-2H3. The van der Waals surface area contributed by atoms with Crippen molar-refractivity contribution in [3.8, 4) is 5.75 Å². The van der Waals surface area contributed by atoms with Crippen molar-refractivity contribution in [3.63, 3.8) is 0 Å². The van der Waals surface area contributed by atoms with Crippen LogP contribution in [-0.2, 0) is 13.0 Å². The summed E-state index contributed by atoms with van der Waals surface area (Å²) in [5.41, 5.74) is 2.75. The van der Waals surface area contributed by atoms with E-state index in [1.54, 1.807) is 0 Å². The molecular weight excluding hydrogens is 248 g/mol. The summed E-state index contributed by atoms with van der Waals surface area (Å²) in [5, 5.41) is 3.54. The van der Waals surface area contributed by atoms with Crippen LogP contribution in [0.4, 0.5) is 0 Å². The van der Waals surface area contributed by atoms with E-state index in [1.165, 1.54) is 24.1 Å². The number of benzene rings is 1. The van der Waals surface area contributed by atoms with Crippen molar-refractivity contribution < 1.29 is 4.74 Å². The fraction of sp³-hybridized carbons (Fsp3) is 0.647. The number of nitrogens with zero attached hydrogens (tertiary/aromatic N) is 1. The number of aryl methyl sites for hydroxylation is 1. The van der Waals surface area contributed by atoms with E-state index in [-0.39, 0.29) is 0 Å². The largest absolute Gasteiger partial charge is 0.493 e. The number of fused-ring (bicyclic) bond motifs is 1. The highest BCUT2D eigenvalue weighted by molar-refractivity contribution is 5.38. The molecule has 1 aliphatic heterocycles. The Hall–Kier alpha value is -1.06. The second kappa shape index (κ2) is 8.28. The normalized spacial score (nSPS) is 14.2. The topological polar surface area (TPSA) is 24.5 Å². The Balaban J connectivity index is 1.69. The summed E-state index contributed by atoms with van der Waals surface area (Å²) in [4.78, 5) is 2.47. The third kappa shape index (κ3) is 4.50. The minimum Gasteiger partial charge on any atom is -0.493 e. The zero-order chi connectivity index (χ0) is 14.2. The maximum atomic E-state index is 5.65. The van der Waals surface area contributed by atoms with Gasteiger partial charge in [0.15, 0.2) is 0 Å². The average molecular weight is 276 g/mol. The average Bonchev–Trinajstić information content (AvgIpc) is 2.51. The number of rotatable bonds is 8. The molecule has 0 radical (unpaired) electrons. The molecule has 0 saturated carbocycles. The molecule has 0 unspecified atom stereocenters. The van der Waals surface area contributed by atoms with Gasteiger partial charge in [0.05, 0.1) is 6.61 Å². The van der Waals surface area contributed by atoms with E-state index in [9.17, 15) is 0 Å². The maximum Gasteiger partial charge on any atom is 0.122 e. The summed E-state index contributed by atoms with van der Waals surface area (Å²) in [7, 11) is 0. The lowest BCUT2D eigenvalue weighted by Crippen LogP contribution is -2.27. The third-order valence-electron chi connectivity index (χ3n) is 4.02. The fourth-order valence-corrected chi connectivity index (χ4v) is 2.72. The summed E-state index contributed by atoms with van der Waals surface area (Å²) in [5.74, 6) is 1.08. The molecule has 1 aromatic rings. The molecule has 0 fully saturated rings. The van der Waals surface area contributed by atoms with Crippen molar-refractivity contribution in [1.29, 1.82) is 0 Å². The van der Waals surface area contributed by atoms with E-state index in [1.807, 2.05) is 0 Å². The highest BCUT2D eigenvalue weighted by Crippen LogP contribution is 2.25. The molecule has 112 valence electrons. The number of nitrogens with one attached hydrogen (secondary N) is 1. The van der Waals surface area contributed by atoms with Crippen LogP contribution in [-0.4, -0.2) is 37.7 Å². The van der Waals surface area contributed by atoms with Gasteiger partial charge in [-0.1, -0.05) is 26.0 Å². The molecular formula is C17H28N2O. The predicted octanol–water partition coefficient (Wildman–Crippen LogP) is 2.83. The van der Waals surface area contributed by atoms with Crippen LogP contribution in [0.15, 0.2) is 18.2 Å². The quantitative estimate of drug-likeness (QED) is 0.739. The molecule has 3 heteroatoms. The molecule has 0 saturated heterocycles. The molecule has 3 nitrogen and oxygen atoms in total. The first-order chi connectivity index (χ1) is 9.83. The SMILES string of the molecule is CCN(CC)CCCNCc1ccc2c(c1)CCCO2. The van der Waals surface area contributed by atoms with E-state index in [0.29, 0.717) is 0 Å². The summed E-state index contributed by atoms with van der Waals surface area (Å²) < 4.78 is 5.65. The van der Waals surface area contributed by atoms with E-state index in [0.717, 1.165) is 51.4 Å². The Morgan fingerprint density at radius 1 is 1.25 bits per heavy atom. The minimum atomic E-state index is 0.871. The van der Waals surface area contributed by atoms with E-state index < -0.39 is 0 Å². The second-order valence-electron chi connectivity index (χ2n) is 5.45. The van der Waals surface area contributed by atoms with Gasteiger partial charge in [-0.2, -0.15) is 0 Å². The Bertz CT molecular complexity index is 402. The molecule has 2 rings (SSSR count). The Labute approximate surface area is 123 Å². The predicted molar refractivity (Wildman–Crippen MR) is 84.4 cm³/mol. The lowest BCUT2D eigenvalue weighted by Gasteiger charge is -2.19. The van der Waals surface area contributed by atoms with Crippen molar-refractivity contribution in [2.45, 2.75) is 39.7 Å². The smallest absolute Gasteiger partial charge is 0.122 e. The maximum absolute atomic E-state index is 5.65. The number of hydrogen-bond donors (Lipinski definition) is 1. The summed E-state index contributed by atoms with van der Waals surface area (Å²) in [6.45, 7) is 10.9. The lowest BCUT2D eigenvalue weighted by molar-refractivity contribution is 0.288. The van der Waals surface area contributed by atoms with Gasteiger partial charge >= 0.3 is 0 Å². The molecule has 0 aromatic heterocycles. The molecule has 0 aliphatic carbocycles. The van der Waals surface area contributed by atoms with Crippen molar-refractivity contribution in [2.75, 3.05) is 32.8 Å².